The van der Waals surface area contributed by atoms with Crippen molar-refractivity contribution < 1.29 is 4.74 Å². The molecule has 0 spiro atoms. The van der Waals surface area contributed by atoms with Gasteiger partial charge in [-0.1, -0.05) is 26.0 Å². The first kappa shape index (κ1) is 7.35. The molecule has 0 radical (unpaired) electrons. The highest BCUT2D eigenvalue weighted by Crippen LogP contribution is 2.49. The first-order valence-electron chi connectivity index (χ1n) is 4.41. The molecular weight excluding hydrogens is 136 g/mol. The van der Waals surface area contributed by atoms with Gasteiger partial charge in [0.1, 0.15) is 0 Å². The quantitative estimate of drug-likeness (QED) is 0.484. The molecule has 1 unspecified atom stereocenters. The van der Waals surface area contributed by atoms with E-state index in [1.54, 1.807) is 0 Å². The van der Waals surface area contributed by atoms with Gasteiger partial charge in [-0.25, -0.2) is 0 Å². The molecule has 1 saturated carbocycles. The van der Waals surface area contributed by atoms with E-state index in [0.29, 0.717) is 17.4 Å². The maximum atomic E-state index is 5.70. The van der Waals surface area contributed by atoms with Gasteiger partial charge in [0.05, 0.1) is 12.7 Å². The molecule has 1 heterocycles. The first-order chi connectivity index (χ1) is 5.12. The van der Waals surface area contributed by atoms with Crippen molar-refractivity contribution >= 4 is 0 Å². The molecule has 2 atom stereocenters. The zero-order valence-corrected chi connectivity index (χ0v) is 7.39. The molecule has 2 rings (SSSR count). The van der Waals surface area contributed by atoms with Crippen LogP contribution in [0.3, 0.4) is 0 Å². The average molecular weight is 152 g/mol. The zero-order chi connectivity index (χ0) is 8.06. The minimum absolute atomic E-state index is 0.356. The van der Waals surface area contributed by atoms with Gasteiger partial charge in [0.15, 0.2) is 0 Å². The predicted molar refractivity (Wildman–Crippen MR) is 45.4 cm³/mol. The van der Waals surface area contributed by atoms with Crippen LogP contribution in [0.5, 0.6) is 0 Å². The molecule has 1 aliphatic carbocycles. The molecule has 1 heteroatoms. The molecule has 62 valence electrons. The van der Waals surface area contributed by atoms with Crippen LogP contribution >= 0.6 is 0 Å². The third-order valence-electron chi connectivity index (χ3n) is 3.41. The van der Waals surface area contributed by atoms with Crippen LogP contribution in [0.15, 0.2) is 12.2 Å². The smallest absolute Gasteiger partial charge is 0.0635 e. The molecule has 1 saturated heterocycles. The van der Waals surface area contributed by atoms with Crippen molar-refractivity contribution in [1.29, 1.82) is 0 Å². The second-order valence-corrected chi connectivity index (χ2v) is 4.39. The fourth-order valence-corrected chi connectivity index (χ4v) is 2.46. The van der Waals surface area contributed by atoms with Crippen LogP contribution in [0.25, 0.3) is 0 Å². The van der Waals surface area contributed by atoms with E-state index < -0.39 is 0 Å². The Morgan fingerprint density at radius 2 is 2.27 bits per heavy atom. The van der Waals surface area contributed by atoms with Crippen LogP contribution in [0.2, 0.25) is 0 Å². The molecule has 0 aromatic carbocycles. The molecular formula is C10H16O. The van der Waals surface area contributed by atoms with Gasteiger partial charge >= 0.3 is 0 Å². The summed E-state index contributed by atoms with van der Waals surface area (Å²) in [7, 11) is 0. The van der Waals surface area contributed by atoms with E-state index in [1.165, 1.54) is 18.4 Å². The highest BCUT2D eigenvalue weighted by Gasteiger charge is 2.47. The summed E-state index contributed by atoms with van der Waals surface area (Å²) in [6, 6.07) is 0. The lowest BCUT2D eigenvalue weighted by Gasteiger charge is -2.36. The van der Waals surface area contributed by atoms with Crippen LogP contribution in [0, 0.1) is 11.3 Å². The molecule has 0 amide bonds. The van der Waals surface area contributed by atoms with Gasteiger partial charge in [-0.15, -0.1) is 0 Å². The zero-order valence-electron chi connectivity index (χ0n) is 7.39. The van der Waals surface area contributed by atoms with E-state index in [1.807, 2.05) is 0 Å². The van der Waals surface area contributed by atoms with Crippen molar-refractivity contribution in [2.24, 2.45) is 11.3 Å². The van der Waals surface area contributed by atoms with E-state index in [-0.39, 0.29) is 0 Å². The molecule has 2 fully saturated rings. The van der Waals surface area contributed by atoms with E-state index in [4.69, 9.17) is 4.74 Å². The van der Waals surface area contributed by atoms with Crippen molar-refractivity contribution in [1.82, 2.24) is 0 Å². The van der Waals surface area contributed by atoms with Crippen molar-refractivity contribution in [2.45, 2.75) is 32.8 Å². The van der Waals surface area contributed by atoms with Gasteiger partial charge in [-0.3, -0.25) is 0 Å². The highest BCUT2D eigenvalue weighted by molar-refractivity contribution is 5.15. The largest absolute Gasteiger partial charge is 0.377 e. The van der Waals surface area contributed by atoms with E-state index in [2.05, 4.69) is 20.4 Å². The van der Waals surface area contributed by atoms with Gasteiger partial charge in [0, 0.05) is 5.92 Å². The number of fused-ring (bicyclic) bond motifs is 2. The summed E-state index contributed by atoms with van der Waals surface area (Å²) in [5.41, 5.74) is 1.76. The Morgan fingerprint density at radius 1 is 1.55 bits per heavy atom. The third kappa shape index (κ3) is 0.871. The van der Waals surface area contributed by atoms with Gasteiger partial charge in [0.25, 0.3) is 0 Å². The second kappa shape index (κ2) is 2.10. The van der Waals surface area contributed by atoms with Crippen LogP contribution in [0.1, 0.15) is 26.7 Å². The summed E-state index contributed by atoms with van der Waals surface area (Å²) < 4.78 is 5.70. The van der Waals surface area contributed by atoms with Gasteiger partial charge in [-0.2, -0.15) is 0 Å². The molecule has 2 bridgehead atoms. The van der Waals surface area contributed by atoms with Crippen molar-refractivity contribution in [2.75, 3.05) is 6.61 Å². The lowest BCUT2D eigenvalue weighted by atomic mass is 9.67. The van der Waals surface area contributed by atoms with Crippen molar-refractivity contribution in [3.63, 3.8) is 0 Å². The summed E-state index contributed by atoms with van der Waals surface area (Å²) in [5.74, 6) is 0.626. The summed E-state index contributed by atoms with van der Waals surface area (Å²) in [6.45, 7) is 9.63. The minimum atomic E-state index is 0.356. The van der Waals surface area contributed by atoms with Crippen molar-refractivity contribution in [3.8, 4) is 0 Å². The van der Waals surface area contributed by atoms with Crippen LogP contribution in [-0.4, -0.2) is 12.7 Å². The van der Waals surface area contributed by atoms with Crippen molar-refractivity contribution in [3.05, 3.63) is 12.2 Å². The molecule has 0 aromatic heterocycles. The summed E-state index contributed by atoms with van der Waals surface area (Å²) in [4.78, 5) is 0. The van der Waals surface area contributed by atoms with E-state index in [9.17, 15) is 0 Å². The highest BCUT2D eigenvalue weighted by atomic mass is 16.5. The Morgan fingerprint density at radius 3 is 2.91 bits per heavy atom. The lowest BCUT2D eigenvalue weighted by molar-refractivity contribution is 0.0528. The Balaban J connectivity index is 2.31. The second-order valence-electron chi connectivity index (χ2n) is 4.39. The van der Waals surface area contributed by atoms with Crippen LogP contribution < -0.4 is 0 Å². The monoisotopic (exact) mass is 152 g/mol. The molecule has 0 aromatic rings. The fraction of sp³-hybridized carbons (Fsp3) is 0.800. The SMILES string of the molecule is C=C1CCC2OC[C@@H]1C2(C)C. The van der Waals surface area contributed by atoms with Gasteiger partial charge in [-0.05, 0) is 18.3 Å². The number of ether oxygens (including phenoxy) is 1. The normalized spacial score (nSPS) is 41.1. The molecule has 0 N–H and O–H groups in total. The molecule has 1 nitrogen and oxygen atoms in total. The Kier molecular flexibility index (Phi) is 1.40. The lowest BCUT2D eigenvalue weighted by Crippen LogP contribution is -2.34. The van der Waals surface area contributed by atoms with Gasteiger partial charge in [0.2, 0.25) is 0 Å². The van der Waals surface area contributed by atoms with E-state index in [0.717, 1.165) is 6.61 Å². The van der Waals surface area contributed by atoms with E-state index >= 15 is 0 Å². The first-order valence-corrected chi connectivity index (χ1v) is 4.41. The Hall–Kier alpha value is -0.300. The summed E-state index contributed by atoms with van der Waals surface area (Å²) in [6.07, 6.45) is 2.86. The maximum Gasteiger partial charge on any atom is 0.0635 e. The molecule has 1 aliphatic heterocycles. The third-order valence-corrected chi connectivity index (χ3v) is 3.41. The topological polar surface area (TPSA) is 9.23 Å². The maximum absolute atomic E-state index is 5.70. The van der Waals surface area contributed by atoms with Crippen LogP contribution in [0.4, 0.5) is 0 Å². The Bertz CT molecular complexity index is 193. The summed E-state index contributed by atoms with van der Waals surface area (Å²) in [5, 5.41) is 0. The number of hydrogen-bond acceptors (Lipinski definition) is 1. The van der Waals surface area contributed by atoms with Gasteiger partial charge < -0.3 is 4.74 Å². The number of hydrogen-bond donors (Lipinski definition) is 0. The summed E-state index contributed by atoms with van der Waals surface area (Å²) >= 11 is 0. The Labute approximate surface area is 68.4 Å². The fourth-order valence-electron chi connectivity index (χ4n) is 2.46. The van der Waals surface area contributed by atoms with Crippen LogP contribution in [-0.2, 0) is 4.74 Å². The molecule has 2 aliphatic rings. The minimum Gasteiger partial charge on any atom is -0.377 e. The standard InChI is InChI=1S/C10H16O/c1-7-4-5-9-10(2,3)8(7)6-11-9/h8-9H,1,4-6H2,2-3H3/t8-,9?/m0/s1. The predicted octanol–water partition coefficient (Wildman–Crippen LogP) is 2.38. The average Bonchev–Trinajstić information content (AvgIpc) is 2.15. The molecule has 11 heavy (non-hydrogen) atoms. The number of rotatable bonds is 0.